The van der Waals surface area contributed by atoms with Crippen LogP contribution >= 0.6 is 0 Å². The predicted octanol–water partition coefficient (Wildman–Crippen LogP) is 2.12. The molecule has 0 N–H and O–H groups in total. The van der Waals surface area contributed by atoms with Crippen LogP contribution in [0.1, 0.15) is 46.0 Å². The summed E-state index contributed by atoms with van der Waals surface area (Å²) in [5.74, 6) is 1.17. The third kappa shape index (κ3) is 3.21. The van der Waals surface area contributed by atoms with Crippen molar-refractivity contribution in [2.24, 2.45) is 5.92 Å². The van der Waals surface area contributed by atoms with Crippen LogP contribution in [0, 0.1) is 5.92 Å². The average Bonchev–Trinajstić information content (AvgIpc) is 3.12. The van der Waals surface area contributed by atoms with Crippen LogP contribution in [0.2, 0.25) is 0 Å². The minimum Gasteiger partial charge on any atom is -0.339 e. The van der Waals surface area contributed by atoms with Gasteiger partial charge in [0.25, 0.3) is 0 Å². The number of hydrogen-bond acceptors (Lipinski definition) is 2. The van der Waals surface area contributed by atoms with Gasteiger partial charge in [-0.3, -0.25) is 9.69 Å². The van der Waals surface area contributed by atoms with Gasteiger partial charge >= 0.3 is 0 Å². The van der Waals surface area contributed by atoms with E-state index in [2.05, 4.69) is 30.7 Å². The monoisotopic (exact) mass is 238 g/mol. The maximum absolute atomic E-state index is 12.3. The molecule has 0 aromatic carbocycles. The molecule has 17 heavy (non-hydrogen) atoms. The Balaban J connectivity index is 1.82. The van der Waals surface area contributed by atoms with Gasteiger partial charge in [-0.1, -0.05) is 0 Å². The van der Waals surface area contributed by atoms with Gasteiger partial charge in [0.15, 0.2) is 0 Å². The van der Waals surface area contributed by atoms with Gasteiger partial charge in [0.2, 0.25) is 5.91 Å². The molecule has 1 heterocycles. The number of carbonyl (C=O) groups is 1. The first-order valence-electron chi connectivity index (χ1n) is 7.09. The Bertz CT molecular complexity index is 275. The van der Waals surface area contributed by atoms with Crippen molar-refractivity contribution in [1.82, 2.24) is 9.80 Å². The molecule has 2 atom stereocenters. The zero-order valence-electron chi connectivity index (χ0n) is 11.5. The maximum Gasteiger partial charge on any atom is 0.236 e. The van der Waals surface area contributed by atoms with E-state index in [0.29, 0.717) is 24.5 Å². The van der Waals surface area contributed by atoms with Gasteiger partial charge in [0.05, 0.1) is 6.54 Å². The lowest BCUT2D eigenvalue weighted by atomic mass is 10.0. The predicted molar refractivity (Wildman–Crippen MR) is 69.8 cm³/mol. The Labute approximate surface area is 105 Å². The van der Waals surface area contributed by atoms with Gasteiger partial charge in [-0.05, 0) is 58.9 Å². The van der Waals surface area contributed by atoms with Crippen LogP contribution in [0.3, 0.4) is 0 Å². The number of likely N-dealkylation sites (tertiary alicyclic amines) is 1. The van der Waals surface area contributed by atoms with Crippen molar-refractivity contribution >= 4 is 5.91 Å². The van der Waals surface area contributed by atoms with Crippen LogP contribution in [-0.2, 0) is 4.79 Å². The summed E-state index contributed by atoms with van der Waals surface area (Å²) in [6, 6.07) is 1.01. The molecule has 0 aromatic heterocycles. The second kappa shape index (κ2) is 5.38. The summed E-state index contributed by atoms with van der Waals surface area (Å²) >= 11 is 0. The van der Waals surface area contributed by atoms with Crippen LogP contribution in [0.5, 0.6) is 0 Å². The van der Waals surface area contributed by atoms with E-state index in [0.717, 1.165) is 12.5 Å². The van der Waals surface area contributed by atoms with E-state index >= 15 is 0 Å². The number of amides is 1. The van der Waals surface area contributed by atoms with Crippen LogP contribution in [-0.4, -0.2) is 47.9 Å². The minimum absolute atomic E-state index is 0.326. The van der Waals surface area contributed by atoms with Crippen LogP contribution < -0.4 is 0 Å². The maximum atomic E-state index is 12.3. The first-order chi connectivity index (χ1) is 8.09. The van der Waals surface area contributed by atoms with E-state index in [1.54, 1.807) is 0 Å². The molecule has 0 unspecified atom stereocenters. The summed E-state index contributed by atoms with van der Waals surface area (Å²) in [6.07, 6.45) is 6.32. The molecule has 0 radical (unpaired) electrons. The van der Waals surface area contributed by atoms with Crippen molar-refractivity contribution in [3.63, 3.8) is 0 Å². The lowest BCUT2D eigenvalue weighted by Gasteiger charge is -2.35. The fourth-order valence-corrected chi connectivity index (χ4v) is 2.86. The molecule has 3 heteroatoms. The Morgan fingerprint density at radius 2 is 2.06 bits per heavy atom. The van der Waals surface area contributed by atoms with Crippen molar-refractivity contribution in [2.45, 2.75) is 58.0 Å². The highest BCUT2D eigenvalue weighted by Gasteiger charge is 2.32. The lowest BCUT2D eigenvalue weighted by molar-refractivity contribution is -0.135. The molecule has 1 saturated carbocycles. The molecule has 2 rings (SSSR count). The molecular weight excluding hydrogens is 212 g/mol. The normalized spacial score (nSPS) is 27.3. The smallest absolute Gasteiger partial charge is 0.236 e. The highest BCUT2D eigenvalue weighted by Crippen LogP contribution is 2.34. The lowest BCUT2D eigenvalue weighted by Crippen LogP contribution is -2.47. The van der Waals surface area contributed by atoms with Gasteiger partial charge in [0, 0.05) is 18.6 Å². The second-order valence-electron chi connectivity index (χ2n) is 5.93. The topological polar surface area (TPSA) is 23.6 Å². The molecule has 1 aliphatic heterocycles. The number of piperidine rings is 1. The summed E-state index contributed by atoms with van der Waals surface area (Å²) < 4.78 is 0. The van der Waals surface area contributed by atoms with Crippen molar-refractivity contribution in [3.05, 3.63) is 0 Å². The van der Waals surface area contributed by atoms with E-state index in [9.17, 15) is 4.79 Å². The quantitative estimate of drug-likeness (QED) is 0.749. The van der Waals surface area contributed by atoms with E-state index in [4.69, 9.17) is 0 Å². The summed E-state index contributed by atoms with van der Waals surface area (Å²) in [7, 11) is 2.09. The molecule has 1 saturated heterocycles. The third-order valence-electron chi connectivity index (χ3n) is 4.51. The van der Waals surface area contributed by atoms with E-state index in [1.165, 1.54) is 32.1 Å². The Morgan fingerprint density at radius 1 is 1.35 bits per heavy atom. The Kier molecular flexibility index (Phi) is 4.08. The first kappa shape index (κ1) is 12.9. The molecule has 3 nitrogen and oxygen atoms in total. The van der Waals surface area contributed by atoms with Gasteiger partial charge < -0.3 is 4.90 Å². The molecule has 0 spiro atoms. The SMILES string of the molecule is C[C@H](C1CC1)N(C)CC(=O)N1CCCC[C@H]1C. The third-order valence-corrected chi connectivity index (χ3v) is 4.51. The van der Waals surface area contributed by atoms with Gasteiger partial charge in [-0.25, -0.2) is 0 Å². The molecule has 1 amide bonds. The van der Waals surface area contributed by atoms with E-state index < -0.39 is 0 Å². The largest absolute Gasteiger partial charge is 0.339 e. The van der Waals surface area contributed by atoms with Crippen molar-refractivity contribution in [2.75, 3.05) is 20.1 Å². The van der Waals surface area contributed by atoms with Crippen molar-refractivity contribution in [3.8, 4) is 0 Å². The molecule has 1 aliphatic carbocycles. The van der Waals surface area contributed by atoms with Crippen LogP contribution in [0.15, 0.2) is 0 Å². The highest BCUT2D eigenvalue weighted by molar-refractivity contribution is 5.78. The van der Waals surface area contributed by atoms with Crippen molar-refractivity contribution < 1.29 is 4.79 Å². The number of hydrogen-bond donors (Lipinski definition) is 0. The number of carbonyl (C=O) groups excluding carboxylic acids is 1. The summed E-state index contributed by atoms with van der Waals surface area (Å²) in [4.78, 5) is 16.6. The minimum atomic E-state index is 0.326. The fraction of sp³-hybridized carbons (Fsp3) is 0.929. The Hall–Kier alpha value is -0.570. The number of likely N-dealkylation sites (N-methyl/N-ethyl adjacent to an activating group) is 1. The molecule has 0 aromatic rings. The van der Waals surface area contributed by atoms with E-state index in [1.807, 2.05) is 0 Å². The van der Waals surface area contributed by atoms with Gasteiger partial charge in [-0.2, -0.15) is 0 Å². The first-order valence-corrected chi connectivity index (χ1v) is 7.09. The zero-order valence-corrected chi connectivity index (χ0v) is 11.5. The van der Waals surface area contributed by atoms with Crippen molar-refractivity contribution in [1.29, 1.82) is 0 Å². The molecule has 2 aliphatic rings. The zero-order chi connectivity index (χ0) is 12.4. The molecular formula is C14H26N2O. The summed E-state index contributed by atoms with van der Waals surface area (Å²) in [6.45, 7) is 6.00. The highest BCUT2D eigenvalue weighted by atomic mass is 16.2. The number of rotatable bonds is 4. The Morgan fingerprint density at radius 3 is 2.65 bits per heavy atom. The van der Waals surface area contributed by atoms with E-state index in [-0.39, 0.29) is 0 Å². The number of nitrogens with zero attached hydrogens (tertiary/aromatic N) is 2. The van der Waals surface area contributed by atoms with Gasteiger partial charge in [0.1, 0.15) is 0 Å². The summed E-state index contributed by atoms with van der Waals surface area (Å²) in [5.41, 5.74) is 0. The standard InChI is InChI=1S/C14H26N2O/c1-11-6-4-5-9-16(11)14(17)10-15(3)12(2)13-7-8-13/h11-13H,4-10H2,1-3H3/t11-,12-/m1/s1. The second-order valence-corrected chi connectivity index (χ2v) is 5.93. The molecule has 98 valence electrons. The molecule has 0 bridgehead atoms. The fourth-order valence-electron chi connectivity index (χ4n) is 2.86. The van der Waals surface area contributed by atoms with Gasteiger partial charge in [-0.15, -0.1) is 0 Å². The summed E-state index contributed by atoms with van der Waals surface area (Å²) in [5, 5.41) is 0. The van der Waals surface area contributed by atoms with Crippen LogP contribution in [0.4, 0.5) is 0 Å². The van der Waals surface area contributed by atoms with Crippen LogP contribution in [0.25, 0.3) is 0 Å². The molecule has 2 fully saturated rings. The average molecular weight is 238 g/mol.